The molecule has 134 valence electrons. The van der Waals surface area contributed by atoms with E-state index in [-0.39, 0.29) is 17.6 Å². The molecule has 0 aliphatic heterocycles. The highest BCUT2D eigenvalue weighted by atomic mass is 79.9. The van der Waals surface area contributed by atoms with Crippen LogP contribution in [-0.4, -0.2) is 15.7 Å². The second-order valence-corrected chi connectivity index (χ2v) is 7.32. The van der Waals surface area contributed by atoms with Crippen LogP contribution in [0.15, 0.2) is 53.1 Å². The first kappa shape index (κ1) is 18.3. The quantitative estimate of drug-likeness (QED) is 0.614. The Morgan fingerprint density at radius 2 is 1.88 bits per heavy atom. The van der Waals surface area contributed by atoms with Crippen molar-refractivity contribution in [1.82, 2.24) is 9.78 Å². The molecule has 0 atom stereocenters. The molecule has 1 heterocycles. The first-order valence-corrected chi connectivity index (χ1v) is 9.07. The van der Waals surface area contributed by atoms with E-state index in [9.17, 15) is 9.18 Å². The summed E-state index contributed by atoms with van der Waals surface area (Å²) in [4.78, 5) is 12.8. The van der Waals surface area contributed by atoms with Gasteiger partial charge in [-0.2, -0.15) is 5.10 Å². The van der Waals surface area contributed by atoms with E-state index in [1.165, 1.54) is 12.1 Å². The lowest BCUT2D eigenvalue weighted by atomic mass is 10.0. The van der Waals surface area contributed by atoms with E-state index in [0.717, 1.165) is 21.4 Å². The second-order valence-electron chi connectivity index (χ2n) is 6.40. The van der Waals surface area contributed by atoms with E-state index in [1.54, 1.807) is 23.0 Å². The molecule has 0 saturated heterocycles. The molecular weight excluding hydrogens is 397 g/mol. The molecule has 0 aliphatic rings. The molecule has 1 N–H and O–H groups in total. The monoisotopic (exact) mass is 415 g/mol. The highest BCUT2D eigenvalue weighted by Gasteiger charge is 2.21. The van der Waals surface area contributed by atoms with Crippen LogP contribution in [-0.2, 0) is 0 Å². The van der Waals surface area contributed by atoms with E-state index in [0.29, 0.717) is 11.3 Å². The Hall–Kier alpha value is -2.47. The summed E-state index contributed by atoms with van der Waals surface area (Å²) >= 11 is 3.42. The van der Waals surface area contributed by atoms with Gasteiger partial charge in [0.2, 0.25) is 0 Å². The highest BCUT2D eigenvalue weighted by molar-refractivity contribution is 9.10. The predicted molar refractivity (Wildman–Crippen MR) is 104 cm³/mol. The van der Waals surface area contributed by atoms with Crippen molar-refractivity contribution in [2.75, 3.05) is 5.32 Å². The van der Waals surface area contributed by atoms with Crippen molar-refractivity contribution in [2.24, 2.45) is 0 Å². The van der Waals surface area contributed by atoms with Crippen molar-refractivity contribution in [1.29, 1.82) is 0 Å². The number of benzene rings is 2. The fourth-order valence-corrected chi connectivity index (χ4v) is 3.31. The molecule has 0 radical (unpaired) electrons. The van der Waals surface area contributed by atoms with Gasteiger partial charge in [-0.1, -0.05) is 29.8 Å². The molecule has 0 spiro atoms. The van der Waals surface area contributed by atoms with Gasteiger partial charge in [0, 0.05) is 10.2 Å². The van der Waals surface area contributed by atoms with Gasteiger partial charge >= 0.3 is 0 Å². The molecular formula is C20H19BrFN3O. The largest absolute Gasteiger partial charge is 0.322 e. The summed E-state index contributed by atoms with van der Waals surface area (Å²) in [6.45, 7) is 5.93. The molecule has 1 aromatic heterocycles. The van der Waals surface area contributed by atoms with Crippen molar-refractivity contribution in [3.63, 3.8) is 0 Å². The molecule has 6 heteroatoms. The average molecular weight is 416 g/mol. The van der Waals surface area contributed by atoms with Gasteiger partial charge in [0.25, 0.3) is 5.91 Å². The van der Waals surface area contributed by atoms with Crippen molar-refractivity contribution in [3.8, 4) is 5.69 Å². The summed E-state index contributed by atoms with van der Waals surface area (Å²) < 4.78 is 15.9. The lowest BCUT2D eigenvalue weighted by Gasteiger charge is -2.14. The predicted octanol–water partition coefficient (Wildman–Crippen LogP) is 5.46. The minimum Gasteiger partial charge on any atom is -0.322 e. The summed E-state index contributed by atoms with van der Waals surface area (Å²) in [6, 6.07) is 11.7. The van der Waals surface area contributed by atoms with Crippen molar-refractivity contribution in [3.05, 3.63) is 75.8 Å². The van der Waals surface area contributed by atoms with Gasteiger partial charge in [-0.05, 0) is 60.9 Å². The number of aromatic nitrogens is 2. The highest BCUT2D eigenvalue weighted by Crippen LogP contribution is 2.25. The average Bonchev–Trinajstić information content (AvgIpc) is 3.03. The number of aryl methyl sites for hydroxylation is 1. The molecule has 3 rings (SSSR count). The number of nitrogens with one attached hydrogen (secondary N) is 1. The molecule has 26 heavy (non-hydrogen) atoms. The first-order valence-electron chi connectivity index (χ1n) is 8.28. The fraction of sp³-hybridized carbons (Fsp3) is 0.200. The molecule has 0 saturated carbocycles. The van der Waals surface area contributed by atoms with Gasteiger partial charge in [-0.3, -0.25) is 4.79 Å². The van der Waals surface area contributed by atoms with E-state index >= 15 is 0 Å². The number of hydrogen-bond donors (Lipinski definition) is 1. The maximum Gasteiger partial charge on any atom is 0.259 e. The Bertz CT molecular complexity index is 948. The SMILES string of the molecule is Cc1cc(Br)ccc1NC(=O)c1cnn(-c2ccc(F)cc2)c1C(C)C. The third-order valence-electron chi connectivity index (χ3n) is 4.11. The molecule has 0 unspecified atom stereocenters. The Kier molecular flexibility index (Phi) is 5.23. The Morgan fingerprint density at radius 3 is 2.50 bits per heavy atom. The molecule has 4 nitrogen and oxygen atoms in total. The number of anilines is 1. The second kappa shape index (κ2) is 7.41. The van der Waals surface area contributed by atoms with Crippen LogP contribution in [0.3, 0.4) is 0 Å². The zero-order valence-corrected chi connectivity index (χ0v) is 16.3. The van der Waals surface area contributed by atoms with Crippen LogP contribution in [0.4, 0.5) is 10.1 Å². The number of nitrogens with zero attached hydrogens (tertiary/aromatic N) is 2. The normalized spacial score (nSPS) is 11.0. The minimum absolute atomic E-state index is 0.0642. The maximum atomic E-state index is 13.2. The van der Waals surface area contributed by atoms with Crippen LogP contribution < -0.4 is 5.32 Å². The molecule has 0 bridgehead atoms. The Balaban J connectivity index is 1.97. The third-order valence-corrected chi connectivity index (χ3v) is 4.60. The van der Waals surface area contributed by atoms with Crippen molar-refractivity contribution in [2.45, 2.75) is 26.7 Å². The first-order chi connectivity index (χ1) is 12.4. The molecule has 1 amide bonds. The van der Waals surface area contributed by atoms with Crippen LogP contribution >= 0.6 is 15.9 Å². The smallest absolute Gasteiger partial charge is 0.259 e. The fourth-order valence-electron chi connectivity index (χ4n) is 2.83. The molecule has 0 aliphatic carbocycles. The summed E-state index contributed by atoms with van der Waals surface area (Å²) in [7, 11) is 0. The number of carbonyl (C=O) groups excluding carboxylic acids is 1. The standard InChI is InChI=1S/C20H19BrFN3O/c1-12(2)19-17(11-23-25(19)16-7-5-15(22)6-8-16)20(26)24-18-9-4-14(21)10-13(18)3/h4-12H,1-3H3,(H,24,26). The van der Waals surface area contributed by atoms with Gasteiger partial charge in [-0.15, -0.1) is 0 Å². The number of rotatable bonds is 4. The summed E-state index contributed by atoms with van der Waals surface area (Å²) in [5.41, 5.74) is 3.72. The van der Waals surface area contributed by atoms with Crippen LogP contribution in [0.2, 0.25) is 0 Å². The number of amides is 1. The number of carbonyl (C=O) groups is 1. The van der Waals surface area contributed by atoms with E-state index in [2.05, 4.69) is 26.3 Å². The van der Waals surface area contributed by atoms with Crippen molar-refractivity contribution < 1.29 is 9.18 Å². The number of hydrogen-bond acceptors (Lipinski definition) is 2. The van der Waals surface area contributed by atoms with Gasteiger partial charge in [-0.25, -0.2) is 9.07 Å². The van der Waals surface area contributed by atoms with E-state index in [4.69, 9.17) is 0 Å². The van der Waals surface area contributed by atoms with Gasteiger partial charge in [0.15, 0.2) is 0 Å². The Labute approximate surface area is 160 Å². The number of halogens is 2. The van der Waals surface area contributed by atoms with Crippen LogP contribution in [0, 0.1) is 12.7 Å². The van der Waals surface area contributed by atoms with E-state index < -0.39 is 0 Å². The van der Waals surface area contributed by atoms with Crippen LogP contribution in [0.25, 0.3) is 5.69 Å². The lowest BCUT2D eigenvalue weighted by Crippen LogP contribution is -2.16. The van der Waals surface area contributed by atoms with Gasteiger partial charge in [0.1, 0.15) is 5.82 Å². The summed E-state index contributed by atoms with van der Waals surface area (Å²) in [5.74, 6) is -0.461. The van der Waals surface area contributed by atoms with Crippen LogP contribution in [0.5, 0.6) is 0 Å². The van der Waals surface area contributed by atoms with Crippen molar-refractivity contribution >= 4 is 27.5 Å². The van der Waals surface area contributed by atoms with E-state index in [1.807, 2.05) is 39.0 Å². The molecule has 0 fully saturated rings. The Morgan fingerprint density at radius 1 is 1.19 bits per heavy atom. The van der Waals surface area contributed by atoms with Crippen LogP contribution in [0.1, 0.15) is 41.4 Å². The maximum absolute atomic E-state index is 13.2. The zero-order valence-electron chi connectivity index (χ0n) is 14.8. The topological polar surface area (TPSA) is 46.9 Å². The minimum atomic E-state index is -0.310. The molecule has 2 aromatic carbocycles. The summed E-state index contributed by atoms with van der Waals surface area (Å²) in [5, 5.41) is 7.31. The lowest BCUT2D eigenvalue weighted by molar-refractivity contribution is 0.102. The zero-order chi connectivity index (χ0) is 18.8. The summed E-state index contributed by atoms with van der Waals surface area (Å²) in [6.07, 6.45) is 1.56. The van der Waals surface area contributed by atoms with Gasteiger partial charge < -0.3 is 5.32 Å². The van der Waals surface area contributed by atoms with Gasteiger partial charge in [0.05, 0.1) is 23.1 Å². The third kappa shape index (κ3) is 3.70. The molecule has 3 aromatic rings.